The predicted molar refractivity (Wildman–Crippen MR) is 96.2 cm³/mol. The minimum absolute atomic E-state index is 0.107. The highest BCUT2D eigenvalue weighted by Gasteiger charge is 2.27. The molecule has 0 aliphatic rings. The molecule has 0 saturated carbocycles. The zero-order valence-electron chi connectivity index (χ0n) is 14.2. The first-order valence-corrected chi connectivity index (χ1v) is 8.15. The molecule has 0 bridgehead atoms. The standard InChI is InChI=1S/C20H22N2O2/c1-4-24-19(14-10-6-5-7-11-14)17-15-12-8-9-13-16(15)22(3)18(17)20(23)21-2/h5-13,19H,4H2,1-3H3,(H,21,23). The van der Waals surface area contributed by atoms with Crippen molar-refractivity contribution >= 4 is 16.8 Å². The largest absolute Gasteiger partial charge is 0.369 e. The molecule has 1 atom stereocenters. The van der Waals surface area contributed by atoms with Gasteiger partial charge in [0, 0.05) is 37.2 Å². The van der Waals surface area contributed by atoms with Gasteiger partial charge >= 0.3 is 0 Å². The number of nitrogens with one attached hydrogen (secondary N) is 1. The van der Waals surface area contributed by atoms with Crippen molar-refractivity contribution in [2.75, 3.05) is 13.7 Å². The zero-order valence-corrected chi connectivity index (χ0v) is 14.2. The van der Waals surface area contributed by atoms with Gasteiger partial charge in [0.2, 0.25) is 0 Å². The Morgan fingerprint density at radius 2 is 1.79 bits per heavy atom. The summed E-state index contributed by atoms with van der Waals surface area (Å²) in [7, 11) is 3.58. The van der Waals surface area contributed by atoms with E-state index in [1.807, 2.05) is 73.1 Å². The monoisotopic (exact) mass is 322 g/mol. The molecule has 4 nitrogen and oxygen atoms in total. The van der Waals surface area contributed by atoms with Crippen LogP contribution in [0, 0.1) is 0 Å². The number of para-hydroxylation sites is 1. The second-order valence-electron chi connectivity index (χ2n) is 5.66. The number of ether oxygens (including phenoxy) is 1. The third-order valence-electron chi connectivity index (χ3n) is 4.29. The number of carbonyl (C=O) groups is 1. The summed E-state index contributed by atoms with van der Waals surface area (Å²) in [6, 6.07) is 18.1. The van der Waals surface area contributed by atoms with Gasteiger partial charge in [0.15, 0.2) is 0 Å². The summed E-state index contributed by atoms with van der Waals surface area (Å²) in [4.78, 5) is 12.6. The van der Waals surface area contributed by atoms with E-state index in [2.05, 4.69) is 5.32 Å². The first-order chi connectivity index (χ1) is 11.7. The molecular weight excluding hydrogens is 300 g/mol. The fraction of sp³-hybridized carbons (Fsp3) is 0.250. The van der Waals surface area contributed by atoms with Crippen molar-refractivity contribution in [3.63, 3.8) is 0 Å². The third-order valence-corrected chi connectivity index (χ3v) is 4.29. The molecule has 4 heteroatoms. The molecule has 124 valence electrons. The summed E-state index contributed by atoms with van der Waals surface area (Å²) >= 11 is 0. The van der Waals surface area contributed by atoms with E-state index in [0.717, 1.165) is 22.0 Å². The van der Waals surface area contributed by atoms with E-state index in [0.29, 0.717) is 12.3 Å². The van der Waals surface area contributed by atoms with Crippen LogP contribution in [-0.4, -0.2) is 24.1 Å². The molecule has 0 saturated heterocycles. The second kappa shape index (κ2) is 6.89. The number of rotatable bonds is 5. The topological polar surface area (TPSA) is 43.3 Å². The van der Waals surface area contributed by atoms with Gasteiger partial charge in [-0.05, 0) is 18.6 Å². The predicted octanol–water partition coefficient (Wildman–Crippen LogP) is 3.66. The molecular formula is C20H22N2O2. The van der Waals surface area contributed by atoms with E-state index in [1.54, 1.807) is 7.05 Å². The zero-order chi connectivity index (χ0) is 17.1. The van der Waals surface area contributed by atoms with Crippen LogP contribution in [0.1, 0.15) is 34.6 Å². The van der Waals surface area contributed by atoms with Crippen molar-refractivity contribution in [1.82, 2.24) is 9.88 Å². The highest BCUT2D eigenvalue weighted by Crippen LogP contribution is 2.36. The van der Waals surface area contributed by atoms with Crippen molar-refractivity contribution < 1.29 is 9.53 Å². The van der Waals surface area contributed by atoms with Crippen molar-refractivity contribution in [2.45, 2.75) is 13.0 Å². The van der Waals surface area contributed by atoms with E-state index in [4.69, 9.17) is 4.74 Å². The number of amides is 1. The lowest BCUT2D eigenvalue weighted by Crippen LogP contribution is -2.23. The van der Waals surface area contributed by atoms with E-state index < -0.39 is 0 Å². The number of aromatic nitrogens is 1. The summed E-state index contributed by atoms with van der Waals surface area (Å²) in [5.41, 5.74) is 3.62. The van der Waals surface area contributed by atoms with Crippen LogP contribution in [0.5, 0.6) is 0 Å². The first kappa shape index (κ1) is 16.3. The maximum atomic E-state index is 12.6. The molecule has 1 amide bonds. The molecule has 2 aromatic carbocycles. The molecule has 1 unspecified atom stereocenters. The van der Waals surface area contributed by atoms with E-state index >= 15 is 0 Å². The average Bonchev–Trinajstić information content (AvgIpc) is 2.93. The summed E-state index contributed by atoms with van der Waals surface area (Å²) in [5.74, 6) is -0.107. The highest BCUT2D eigenvalue weighted by molar-refractivity contribution is 6.02. The number of carbonyl (C=O) groups excluding carboxylic acids is 1. The van der Waals surface area contributed by atoms with Crippen molar-refractivity contribution in [3.05, 3.63) is 71.4 Å². The SMILES string of the molecule is CCOC(c1ccccc1)c1c(C(=O)NC)n(C)c2ccccc12. The van der Waals surface area contributed by atoms with Crippen LogP contribution < -0.4 is 5.32 Å². The lowest BCUT2D eigenvalue weighted by atomic mass is 9.98. The summed E-state index contributed by atoms with van der Waals surface area (Å²) in [5, 5.41) is 3.80. The van der Waals surface area contributed by atoms with Crippen LogP contribution in [0.15, 0.2) is 54.6 Å². The quantitative estimate of drug-likeness (QED) is 0.779. The smallest absolute Gasteiger partial charge is 0.268 e. The summed E-state index contributed by atoms with van der Waals surface area (Å²) in [6.45, 7) is 2.54. The van der Waals surface area contributed by atoms with E-state index in [1.165, 1.54) is 0 Å². The van der Waals surface area contributed by atoms with Gasteiger partial charge in [-0.15, -0.1) is 0 Å². The Morgan fingerprint density at radius 1 is 1.12 bits per heavy atom. The van der Waals surface area contributed by atoms with E-state index in [-0.39, 0.29) is 12.0 Å². The maximum Gasteiger partial charge on any atom is 0.268 e. The Labute approximate surface area is 142 Å². The van der Waals surface area contributed by atoms with Gasteiger partial charge in [-0.2, -0.15) is 0 Å². The number of nitrogens with zero attached hydrogens (tertiary/aromatic N) is 1. The lowest BCUT2D eigenvalue weighted by molar-refractivity contribution is 0.0867. The van der Waals surface area contributed by atoms with Crippen LogP contribution in [0.4, 0.5) is 0 Å². The molecule has 0 aliphatic carbocycles. The van der Waals surface area contributed by atoms with Gasteiger partial charge in [0.25, 0.3) is 5.91 Å². The summed E-state index contributed by atoms with van der Waals surface area (Å²) < 4.78 is 8.02. The molecule has 3 rings (SSSR count). The molecule has 0 radical (unpaired) electrons. The Balaban J connectivity index is 2.31. The van der Waals surface area contributed by atoms with Gasteiger partial charge in [-0.25, -0.2) is 0 Å². The maximum absolute atomic E-state index is 12.6. The number of aryl methyl sites for hydroxylation is 1. The molecule has 0 spiro atoms. The fourth-order valence-electron chi connectivity index (χ4n) is 3.22. The molecule has 3 aromatic rings. The minimum atomic E-state index is -0.283. The Bertz CT molecular complexity index is 853. The second-order valence-corrected chi connectivity index (χ2v) is 5.66. The van der Waals surface area contributed by atoms with Gasteiger partial charge < -0.3 is 14.6 Å². The number of benzene rings is 2. The molecule has 1 aromatic heterocycles. The Kier molecular flexibility index (Phi) is 4.67. The van der Waals surface area contributed by atoms with Gasteiger partial charge in [0.1, 0.15) is 11.8 Å². The number of hydrogen-bond donors (Lipinski definition) is 1. The Hall–Kier alpha value is -2.59. The first-order valence-electron chi connectivity index (χ1n) is 8.15. The average molecular weight is 322 g/mol. The van der Waals surface area contributed by atoms with Crippen molar-refractivity contribution in [2.24, 2.45) is 7.05 Å². The normalized spacial score (nSPS) is 12.3. The fourth-order valence-corrected chi connectivity index (χ4v) is 3.22. The van der Waals surface area contributed by atoms with Crippen molar-refractivity contribution in [3.8, 4) is 0 Å². The third kappa shape index (κ3) is 2.69. The van der Waals surface area contributed by atoms with Crippen LogP contribution in [-0.2, 0) is 11.8 Å². The molecule has 1 heterocycles. The van der Waals surface area contributed by atoms with Gasteiger partial charge in [-0.3, -0.25) is 4.79 Å². The van der Waals surface area contributed by atoms with Gasteiger partial charge in [-0.1, -0.05) is 48.5 Å². The number of fused-ring (bicyclic) bond motifs is 1. The highest BCUT2D eigenvalue weighted by atomic mass is 16.5. The van der Waals surface area contributed by atoms with Crippen molar-refractivity contribution in [1.29, 1.82) is 0 Å². The number of hydrogen-bond acceptors (Lipinski definition) is 2. The molecule has 0 aliphatic heterocycles. The molecule has 1 N–H and O–H groups in total. The molecule has 24 heavy (non-hydrogen) atoms. The van der Waals surface area contributed by atoms with Crippen LogP contribution >= 0.6 is 0 Å². The lowest BCUT2D eigenvalue weighted by Gasteiger charge is -2.19. The van der Waals surface area contributed by atoms with Crippen LogP contribution in [0.3, 0.4) is 0 Å². The van der Waals surface area contributed by atoms with Gasteiger partial charge in [0.05, 0.1) is 0 Å². The minimum Gasteiger partial charge on any atom is -0.369 e. The summed E-state index contributed by atoms with van der Waals surface area (Å²) in [6.07, 6.45) is -0.283. The van der Waals surface area contributed by atoms with Crippen LogP contribution in [0.25, 0.3) is 10.9 Å². The molecule has 0 fully saturated rings. The Morgan fingerprint density at radius 3 is 2.46 bits per heavy atom. The van der Waals surface area contributed by atoms with Crippen LogP contribution in [0.2, 0.25) is 0 Å². The van der Waals surface area contributed by atoms with E-state index in [9.17, 15) is 4.79 Å².